The normalized spacial score (nSPS) is 17.7. The molecule has 2 rings (SSSR count). The van der Waals surface area contributed by atoms with E-state index in [0.717, 1.165) is 12.0 Å². The van der Waals surface area contributed by atoms with Gasteiger partial charge in [0.05, 0.1) is 5.54 Å². The van der Waals surface area contributed by atoms with E-state index in [0.29, 0.717) is 36.5 Å². The summed E-state index contributed by atoms with van der Waals surface area (Å²) in [6.07, 6.45) is -4.22. The molecule has 12 heteroatoms. The van der Waals surface area contributed by atoms with Crippen molar-refractivity contribution >= 4 is 29.6 Å². The fraction of sp³-hybridized carbons (Fsp3) is 0.471. The van der Waals surface area contributed by atoms with E-state index in [-0.39, 0.29) is 5.91 Å². The maximum Gasteiger partial charge on any atom is 0.490 e. The van der Waals surface area contributed by atoms with Gasteiger partial charge in [0, 0.05) is 24.2 Å². The van der Waals surface area contributed by atoms with Crippen LogP contribution in [0.1, 0.15) is 35.2 Å². The van der Waals surface area contributed by atoms with E-state index in [9.17, 15) is 22.8 Å². The number of carboxylic acids is 1. The number of carbonyl (C=O) groups is 3. The van der Waals surface area contributed by atoms with Crippen LogP contribution in [0.15, 0.2) is 18.2 Å². The third-order valence-electron chi connectivity index (χ3n) is 4.35. The van der Waals surface area contributed by atoms with Crippen LogP contribution in [-0.2, 0) is 10.3 Å². The molecule has 5 N–H and O–H groups in total. The highest BCUT2D eigenvalue weighted by atomic mass is 35.5. The van der Waals surface area contributed by atoms with Crippen molar-refractivity contribution < 1.29 is 37.8 Å². The van der Waals surface area contributed by atoms with Gasteiger partial charge in [-0.25, -0.2) is 9.59 Å². The van der Waals surface area contributed by atoms with Gasteiger partial charge in [-0.2, -0.15) is 13.2 Å². The molecule has 2 amide bonds. The Bertz CT molecular complexity index is 775. The summed E-state index contributed by atoms with van der Waals surface area (Å²) in [5.74, 6) is -2.91. The number of hydrogen-bond acceptors (Lipinski definition) is 4. The Labute approximate surface area is 169 Å². The van der Waals surface area contributed by atoms with Crippen LogP contribution in [0.25, 0.3) is 0 Å². The summed E-state index contributed by atoms with van der Waals surface area (Å²) in [4.78, 5) is 33.3. The Morgan fingerprint density at radius 2 is 1.86 bits per heavy atom. The lowest BCUT2D eigenvalue weighted by molar-refractivity contribution is -0.192. The Balaban J connectivity index is 0.000000516. The Hall–Kier alpha value is -2.53. The summed E-state index contributed by atoms with van der Waals surface area (Å²) < 4.78 is 31.7. The summed E-state index contributed by atoms with van der Waals surface area (Å²) in [7, 11) is 1.51. The molecular formula is C17H21ClF3N3O5. The second-order valence-corrected chi connectivity index (χ2v) is 6.81. The van der Waals surface area contributed by atoms with E-state index in [1.54, 1.807) is 18.2 Å². The largest absolute Gasteiger partial charge is 0.490 e. The minimum absolute atomic E-state index is 0.151. The Morgan fingerprint density at radius 3 is 2.34 bits per heavy atom. The third kappa shape index (κ3) is 6.50. The lowest BCUT2D eigenvalue weighted by atomic mass is 9.83. The van der Waals surface area contributed by atoms with Crippen LogP contribution in [0.4, 0.5) is 18.0 Å². The summed E-state index contributed by atoms with van der Waals surface area (Å²) in [5, 5.41) is 19.7. The van der Waals surface area contributed by atoms with Crippen LogP contribution < -0.4 is 11.1 Å². The lowest BCUT2D eigenvalue weighted by Crippen LogP contribution is -2.43. The van der Waals surface area contributed by atoms with Gasteiger partial charge in [-0.1, -0.05) is 11.6 Å². The Morgan fingerprint density at radius 1 is 1.28 bits per heavy atom. The first-order valence-electron chi connectivity index (χ1n) is 8.41. The maximum atomic E-state index is 12.2. The molecule has 1 heterocycles. The number of hydrogen-bond donors (Lipinski definition) is 4. The summed E-state index contributed by atoms with van der Waals surface area (Å²) in [6, 6.07) is 5.17. The van der Waals surface area contributed by atoms with Crippen molar-refractivity contribution in [3.63, 3.8) is 0 Å². The molecular weight excluding hydrogens is 419 g/mol. The average molecular weight is 440 g/mol. The molecule has 0 aromatic heterocycles. The van der Waals surface area contributed by atoms with E-state index >= 15 is 0 Å². The van der Waals surface area contributed by atoms with E-state index in [1.807, 2.05) is 0 Å². The zero-order valence-electron chi connectivity index (χ0n) is 15.4. The zero-order valence-corrected chi connectivity index (χ0v) is 16.2. The minimum atomic E-state index is -5.08. The molecule has 0 aliphatic carbocycles. The molecule has 1 aliphatic heterocycles. The first-order chi connectivity index (χ1) is 13.3. The fourth-order valence-electron chi connectivity index (χ4n) is 2.84. The molecule has 1 aromatic carbocycles. The van der Waals surface area contributed by atoms with Crippen molar-refractivity contribution in [2.75, 3.05) is 20.1 Å². The number of nitrogens with zero attached hydrogens (tertiary/aromatic N) is 1. The van der Waals surface area contributed by atoms with Crippen molar-refractivity contribution in [2.24, 2.45) is 5.73 Å². The molecule has 0 saturated carbocycles. The molecule has 1 unspecified atom stereocenters. The van der Waals surface area contributed by atoms with Crippen LogP contribution in [0, 0.1) is 0 Å². The van der Waals surface area contributed by atoms with Crippen LogP contribution >= 0.6 is 11.6 Å². The number of benzene rings is 1. The van der Waals surface area contributed by atoms with Crippen LogP contribution in [0.5, 0.6) is 0 Å². The van der Waals surface area contributed by atoms with Crippen molar-refractivity contribution in [2.45, 2.75) is 31.0 Å². The number of rotatable bonds is 6. The number of carboxylic acid groups (broad SMARTS) is 2. The number of alkyl halides is 3. The standard InChI is InChI=1S/C15H20ClN3O3.C2HF3O2/c1-19(14(21)22)8-6-15(5-2-7-17)12-9-10(16)3-4-11(12)13(20)18-15;3-2(4,5)1(6)7/h3-4,9H,2,5-8,17H2,1H3,(H,18,20)(H,21,22);(H,6,7). The van der Waals surface area contributed by atoms with Gasteiger partial charge >= 0.3 is 18.2 Å². The number of nitrogens with two attached hydrogens (primary N) is 1. The van der Waals surface area contributed by atoms with E-state index in [1.165, 1.54) is 11.9 Å². The van der Waals surface area contributed by atoms with Gasteiger partial charge in [-0.3, -0.25) is 4.79 Å². The second kappa shape index (κ2) is 9.79. The van der Waals surface area contributed by atoms with Crippen LogP contribution in [-0.4, -0.2) is 59.4 Å². The predicted octanol–water partition coefficient (Wildman–Crippen LogP) is 2.65. The van der Waals surface area contributed by atoms with Gasteiger partial charge in [0.1, 0.15) is 0 Å². The number of halogens is 4. The van der Waals surface area contributed by atoms with E-state index in [2.05, 4.69) is 5.32 Å². The maximum absolute atomic E-state index is 12.2. The number of fused-ring (bicyclic) bond motifs is 1. The molecule has 0 spiro atoms. The predicted molar refractivity (Wildman–Crippen MR) is 97.8 cm³/mol. The molecule has 0 fully saturated rings. The summed E-state index contributed by atoms with van der Waals surface area (Å²) in [6.45, 7) is 0.814. The van der Waals surface area contributed by atoms with Gasteiger partial charge in [0.2, 0.25) is 0 Å². The Kier molecular flexibility index (Phi) is 8.27. The third-order valence-corrected chi connectivity index (χ3v) is 4.58. The SMILES string of the molecule is CN(CCC1(CCCN)NC(=O)c2ccc(Cl)cc21)C(=O)O.O=C(O)C(F)(F)F. The molecule has 0 radical (unpaired) electrons. The molecule has 1 aromatic rings. The first kappa shape index (κ1) is 24.5. The van der Waals surface area contributed by atoms with Crippen molar-refractivity contribution in [3.8, 4) is 0 Å². The second-order valence-electron chi connectivity index (χ2n) is 6.38. The first-order valence-corrected chi connectivity index (χ1v) is 8.78. The van der Waals surface area contributed by atoms with Crippen molar-refractivity contribution in [1.82, 2.24) is 10.2 Å². The quantitative estimate of drug-likeness (QED) is 0.538. The highest BCUT2D eigenvalue weighted by molar-refractivity contribution is 6.30. The van der Waals surface area contributed by atoms with Gasteiger partial charge in [0.25, 0.3) is 5.91 Å². The van der Waals surface area contributed by atoms with Crippen LogP contribution in [0.2, 0.25) is 5.02 Å². The number of amides is 2. The highest BCUT2D eigenvalue weighted by Gasteiger charge is 2.42. The zero-order chi connectivity index (χ0) is 22.4. The topological polar surface area (TPSA) is 133 Å². The molecule has 1 aliphatic rings. The average Bonchev–Trinajstić information content (AvgIpc) is 2.89. The van der Waals surface area contributed by atoms with Crippen molar-refractivity contribution in [3.05, 3.63) is 34.3 Å². The van der Waals surface area contributed by atoms with Gasteiger partial charge < -0.3 is 26.2 Å². The lowest BCUT2D eigenvalue weighted by Gasteiger charge is -2.32. The molecule has 162 valence electrons. The molecule has 29 heavy (non-hydrogen) atoms. The van der Waals surface area contributed by atoms with E-state index in [4.69, 9.17) is 32.3 Å². The highest BCUT2D eigenvalue weighted by Crippen LogP contribution is 2.39. The smallest absolute Gasteiger partial charge is 0.475 e. The number of nitrogens with one attached hydrogen (secondary N) is 1. The summed E-state index contributed by atoms with van der Waals surface area (Å²) >= 11 is 6.08. The van der Waals surface area contributed by atoms with Crippen LogP contribution in [0.3, 0.4) is 0 Å². The molecule has 8 nitrogen and oxygen atoms in total. The molecule has 0 bridgehead atoms. The van der Waals surface area contributed by atoms with Crippen molar-refractivity contribution in [1.29, 1.82) is 0 Å². The fourth-order valence-corrected chi connectivity index (χ4v) is 3.01. The number of carbonyl (C=O) groups excluding carboxylic acids is 1. The summed E-state index contributed by atoms with van der Waals surface area (Å²) in [5.41, 5.74) is 6.43. The van der Waals surface area contributed by atoms with Gasteiger partial charge in [0.15, 0.2) is 0 Å². The minimum Gasteiger partial charge on any atom is -0.475 e. The molecule has 1 atom stereocenters. The monoisotopic (exact) mass is 439 g/mol. The molecule has 0 saturated heterocycles. The van der Waals surface area contributed by atoms with Gasteiger partial charge in [-0.15, -0.1) is 0 Å². The number of aliphatic carboxylic acids is 1. The van der Waals surface area contributed by atoms with Gasteiger partial charge in [-0.05, 0) is 49.6 Å². The van der Waals surface area contributed by atoms with E-state index < -0.39 is 23.8 Å².